The minimum absolute atomic E-state index is 0. The highest BCUT2D eigenvalue weighted by atomic mass is 35.5. The third kappa shape index (κ3) is 5.07. The Balaban J connectivity index is 0.00000200. The summed E-state index contributed by atoms with van der Waals surface area (Å²) >= 11 is 0. The first kappa shape index (κ1) is 16.9. The molecule has 0 aromatic heterocycles. The third-order valence-electron chi connectivity index (χ3n) is 3.43. The number of carbonyl (C=O) groups excluding carboxylic acids is 1. The Morgan fingerprint density at radius 1 is 1.45 bits per heavy atom. The summed E-state index contributed by atoms with van der Waals surface area (Å²) in [6.45, 7) is 2.34. The van der Waals surface area contributed by atoms with Gasteiger partial charge in [0.1, 0.15) is 5.82 Å². The maximum Gasteiger partial charge on any atom is 0.238 e. The maximum absolute atomic E-state index is 13.0. The van der Waals surface area contributed by atoms with Crippen LogP contribution in [-0.2, 0) is 4.79 Å². The molecule has 1 saturated heterocycles. The fraction of sp³-hybridized carbons (Fsp3) is 0.500. The Labute approximate surface area is 125 Å². The van der Waals surface area contributed by atoms with Crippen LogP contribution >= 0.6 is 12.4 Å². The summed E-state index contributed by atoms with van der Waals surface area (Å²) < 4.78 is 13.0. The number of hydrogen-bond donors (Lipinski definition) is 2. The van der Waals surface area contributed by atoms with Gasteiger partial charge in [-0.1, -0.05) is 6.07 Å². The number of amides is 1. The van der Waals surface area contributed by atoms with Crippen molar-refractivity contribution in [3.05, 3.63) is 30.1 Å². The Hall–Kier alpha value is -1.17. The topological polar surface area (TPSA) is 44.4 Å². The van der Waals surface area contributed by atoms with Crippen LogP contribution in [0.4, 0.5) is 10.1 Å². The van der Waals surface area contributed by atoms with Crippen molar-refractivity contribution in [2.45, 2.75) is 18.9 Å². The largest absolute Gasteiger partial charge is 0.325 e. The summed E-state index contributed by atoms with van der Waals surface area (Å²) in [5.41, 5.74) is 0.503. The molecular formula is C14H21ClFN3O. The van der Waals surface area contributed by atoms with Crippen molar-refractivity contribution in [3.63, 3.8) is 0 Å². The van der Waals surface area contributed by atoms with E-state index in [4.69, 9.17) is 0 Å². The highest BCUT2D eigenvalue weighted by Gasteiger charge is 2.19. The fourth-order valence-electron chi connectivity index (χ4n) is 2.37. The van der Waals surface area contributed by atoms with Crippen molar-refractivity contribution in [2.24, 2.45) is 0 Å². The van der Waals surface area contributed by atoms with Gasteiger partial charge in [-0.25, -0.2) is 4.39 Å². The Morgan fingerprint density at radius 3 is 2.80 bits per heavy atom. The molecule has 1 heterocycles. The zero-order valence-corrected chi connectivity index (χ0v) is 12.4. The van der Waals surface area contributed by atoms with Crippen LogP contribution in [0.15, 0.2) is 24.3 Å². The molecule has 112 valence electrons. The Bertz CT molecular complexity index is 438. The molecule has 1 aliphatic heterocycles. The van der Waals surface area contributed by atoms with Gasteiger partial charge in [0.15, 0.2) is 0 Å². The van der Waals surface area contributed by atoms with Crippen molar-refractivity contribution in [3.8, 4) is 0 Å². The van der Waals surface area contributed by atoms with Crippen LogP contribution in [0, 0.1) is 5.82 Å². The molecule has 0 radical (unpaired) electrons. The highest BCUT2D eigenvalue weighted by molar-refractivity contribution is 5.92. The maximum atomic E-state index is 13.0. The average molecular weight is 302 g/mol. The number of anilines is 1. The van der Waals surface area contributed by atoms with E-state index >= 15 is 0 Å². The number of likely N-dealkylation sites (N-methyl/N-ethyl adjacent to an activating group) is 1. The van der Waals surface area contributed by atoms with Gasteiger partial charge in [-0.3, -0.25) is 9.69 Å². The van der Waals surface area contributed by atoms with Gasteiger partial charge >= 0.3 is 0 Å². The summed E-state index contributed by atoms with van der Waals surface area (Å²) in [5, 5.41) is 6.02. The van der Waals surface area contributed by atoms with Crippen LogP contribution in [-0.4, -0.2) is 43.5 Å². The van der Waals surface area contributed by atoms with Crippen LogP contribution in [0.25, 0.3) is 0 Å². The molecule has 0 spiro atoms. The summed E-state index contributed by atoms with van der Waals surface area (Å²) in [6.07, 6.45) is 2.12. The Morgan fingerprint density at radius 2 is 2.15 bits per heavy atom. The van der Waals surface area contributed by atoms with Crippen LogP contribution < -0.4 is 10.6 Å². The molecule has 1 fully saturated rings. The van der Waals surface area contributed by atoms with Crippen molar-refractivity contribution in [1.29, 1.82) is 0 Å². The number of nitrogens with zero attached hydrogens (tertiary/aromatic N) is 1. The molecule has 1 aromatic rings. The number of benzene rings is 1. The van der Waals surface area contributed by atoms with Gasteiger partial charge in [-0.2, -0.15) is 0 Å². The standard InChI is InChI=1S/C14H20FN3O.ClH/c1-18(13-5-7-16-8-6-13)10-14(19)17-12-4-2-3-11(15)9-12;/h2-4,9,13,16H,5-8,10H2,1H3,(H,17,19);1H. The van der Waals surface area contributed by atoms with Crippen molar-refractivity contribution in [2.75, 3.05) is 32.0 Å². The number of carbonyl (C=O) groups is 1. The van der Waals surface area contributed by atoms with E-state index in [1.807, 2.05) is 7.05 Å². The zero-order valence-electron chi connectivity index (χ0n) is 11.6. The second kappa shape index (κ2) is 8.19. The average Bonchev–Trinajstić information content (AvgIpc) is 2.39. The van der Waals surface area contributed by atoms with Gasteiger partial charge < -0.3 is 10.6 Å². The van der Waals surface area contributed by atoms with E-state index in [1.54, 1.807) is 12.1 Å². The molecule has 0 atom stereocenters. The number of hydrogen-bond acceptors (Lipinski definition) is 3. The van der Waals surface area contributed by atoms with E-state index in [1.165, 1.54) is 12.1 Å². The number of rotatable bonds is 4. The van der Waals surface area contributed by atoms with Crippen molar-refractivity contribution < 1.29 is 9.18 Å². The van der Waals surface area contributed by atoms with E-state index in [9.17, 15) is 9.18 Å². The summed E-state index contributed by atoms with van der Waals surface area (Å²) in [7, 11) is 1.96. The smallest absolute Gasteiger partial charge is 0.238 e. The lowest BCUT2D eigenvalue weighted by molar-refractivity contribution is -0.117. The molecule has 1 aliphatic rings. The van der Waals surface area contributed by atoms with Gasteiger partial charge in [0.05, 0.1) is 6.54 Å². The lowest BCUT2D eigenvalue weighted by atomic mass is 10.1. The zero-order chi connectivity index (χ0) is 13.7. The lowest BCUT2D eigenvalue weighted by Crippen LogP contribution is -2.44. The molecule has 0 saturated carbocycles. The van der Waals surface area contributed by atoms with Crippen LogP contribution in [0.2, 0.25) is 0 Å². The molecule has 1 aromatic carbocycles. The van der Waals surface area contributed by atoms with E-state index < -0.39 is 0 Å². The molecule has 2 N–H and O–H groups in total. The molecular weight excluding hydrogens is 281 g/mol. The predicted molar refractivity (Wildman–Crippen MR) is 80.8 cm³/mol. The van der Waals surface area contributed by atoms with Gasteiger partial charge in [0.2, 0.25) is 5.91 Å². The number of halogens is 2. The van der Waals surface area contributed by atoms with Gasteiger partial charge in [0, 0.05) is 11.7 Å². The summed E-state index contributed by atoms with van der Waals surface area (Å²) in [5.74, 6) is -0.448. The first-order valence-corrected chi connectivity index (χ1v) is 6.61. The van der Waals surface area contributed by atoms with Gasteiger partial charge in [0.25, 0.3) is 0 Å². The molecule has 0 aliphatic carbocycles. The van der Waals surface area contributed by atoms with E-state index in [-0.39, 0.29) is 24.1 Å². The minimum atomic E-state index is -0.343. The molecule has 0 bridgehead atoms. The molecule has 6 heteroatoms. The van der Waals surface area contributed by atoms with E-state index in [0.717, 1.165) is 25.9 Å². The van der Waals surface area contributed by atoms with E-state index in [2.05, 4.69) is 15.5 Å². The minimum Gasteiger partial charge on any atom is -0.325 e. The monoisotopic (exact) mass is 301 g/mol. The fourth-order valence-corrected chi connectivity index (χ4v) is 2.37. The van der Waals surface area contributed by atoms with Crippen molar-refractivity contribution >= 4 is 24.0 Å². The van der Waals surface area contributed by atoms with Crippen LogP contribution in [0.1, 0.15) is 12.8 Å². The molecule has 0 unspecified atom stereocenters. The predicted octanol–water partition coefficient (Wildman–Crippen LogP) is 1.87. The second-order valence-corrected chi connectivity index (χ2v) is 4.95. The van der Waals surface area contributed by atoms with Crippen LogP contribution in [0.3, 0.4) is 0 Å². The SMILES string of the molecule is CN(CC(=O)Nc1cccc(F)c1)C1CCNCC1.Cl. The second-order valence-electron chi connectivity index (χ2n) is 4.95. The highest BCUT2D eigenvalue weighted by Crippen LogP contribution is 2.11. The molecule has 20 heavy (non-hydrogen) atoms. The lowest BCUT2D eigenvalue weighted by Gasteiger charge is -2.31. The van der Waals surface area contributed by atoms with Gasteiger partial charge in [-0.15, -0.1) is 12.4 Å². The molecule has 4 nitrogen and oxygen atoms in total. The van der Waals surface area contributed by atoms with Crippen molar-refractivity contribution in [1.82, 2.24) is 10.2 Å². The van der Waals surface area contributed by atoms with Gasteiger partial charge in [-0.05, 0) is 51.2 Å². The first-order chi connectivity index (χ1) is 9.15. The first-order valence-electron chi connectivity index (χ1n) is 6.61. The quantitative estimate of drug-likeness (QED) is 0.892. The summed E-state index contributed by atoms with van der Waals surface area (Å²) in [6, 6.07) is 6.39. The molecule has 1 amide bonds. The Kier molecular flexibility index (Phi) is 6.91. The summed E-state index contributed by atoms with van der Waals surface area (Å²) in [4.78, 5) is 14.0. The van der Waals surface area contributed by atoms with E-state index in [0.29, 0.717) is 18.3 Å². The number of nitrogens with one attached hydrogen (secondary N) is 2. The molecule has 2 rings (SSSR count). The normalized spacial score (nSPS) is 15.8. The third-order valence-corrected chi connectivity index (χ3v) is 3.43. The van der Waals surface area contributed by atoms with Crippen LogP contribution in [0.5, 0.6) is 0 Å². The number of piperidine rings is 1.